The fourth-order valence-electron chi connectivity index (χ4n) is 2.57. The second-order valence-corrected chi connectivity index (χ2v) is 16.5. The lowest BCUT2D eigenvalue weighted by atomic mass is 10.1. The predicted octanol–water partition coefficient (Wildman–Crippen LogP) is 7.00. The van der Waals surface area contributed by atoms with Gasteiger partial charge in [-0.25, -0.2) is 0 Å². The molecule has 0 spiro atoms. The van der Waals surface area contributed by atoms with E-state index in [2.05, 4.69) is 39.7 Å². The van der Waals surface area contributed by atoms with Crippen molar-refractivity contribution in [3.05, 3.63) is 0 Å². The summed E-state index contributed by atoms with van der Waals surface area (Å²) in [6, 6.07) is 0. The Hall–Kier alpha value is -0.136. The molecule has 3 nitrogen and oxygen atoms in total. The maximum atomic E-state index is 12.5. The third-order valence-corrected chi connectivity index (χ3v) is 8.22. The SMILES string of the molecule is C.C.CCCCCCCCCC(C(=O)O[Si](C)(C)C)[Si](C)(C)OC. The summed E-state index contributed by atoms with van der Waals surface area (Å²) in [7, 11) is -2.09. The average molecular weight is 379 g/mol. The fourth-order valence-corrected chi connectivity index (χ4v) is 5.24. The van der Waals surface area contributed by atoms with Crippen molar-refractivity contribution in [2.45, 2.75) is 111 Å². The summed E-state index contributed by atoms with van der Waals surface area (Å²) in [4.78, 5) is 12.5. The summed E-state index contributed by atoms with van der Waals surface area (Å²) in [6.07, 6.45) is 9.83. The summed E-state index contributed by atoms with van der Waals surface area (Å²) < 4.78 is 11.5. The smallest absolute Gasteiger partial charge is 0.295 e. The quantitative estimate of drug-likeness (QED) is 0.271. The predicted molar refractivity (Wildman–Crippen MR) is 114 cm³/mol. The van der Waals surface area contributed by atoms with E-state index in [1.54, 1.807) is 7.11 Å². The van der Waals surface area contributed by atoms with E-state index in [9.17, 15) is 4.79 Å². The number of hydrogen-bond acceptors (Lipinski definition) is 3. The Bertz CT molecular complexity index is 312. The van der Waals surface area contributed by atoms with E-state index in [0.29, 0.717) is 0 Å². The van der Waals surface area contributed by atoms with Crippen molar-refractivity contribution < 1.29 is 13.6 Å². The van der Waals surface area contributed by atoms with Crippen LogP contribution >= 0.6 is 0 Å². The third-order valence-electron chi connectivity index (χ3n) is 4.15. The van der Waals surface area contributed by atoms with Crippen LogP contribution in [-0.2, 0) is 13.6 Å². The molecule has 0 aliphatic carbocycles. The molecule has 1 unspecified atom stereocenters. The minimum Gasteiger partial charge on any atom is -0.520 e. The zero-order chi connectivity index (χ0) is 17.2. The number of unbranched alkanes of at least 4 members (excludes halogenated alkanes) is 6. The highest BCUT2D eigenvalue weighted by Crippen LogP contribution is 2.31. The second kappa shape index (κ2) is 14.1. The molecule has 0 saturated heterocycles. The minimum absolute atomic E-state index is 0. The van der Waals surface area contributed by atoms with Crippen LogP contribution in [0.4, 0.5) is 0 Å². The van der Waals surface area contributed by atoms with E-state index in [1.807, 2.05) is 0 Å². The molecule has 0 N–H and O–H groups in total. The molecule has 0 aromatic carbocycles. The lowest BCUT2D eigenvalue weighted by Crippen LogP contribution is -2.43. The van der Waals surface area contributed by atoms with Crippen LogP contribution < -0.4 is 0 Å². The molecule has 0 aromatic heterocycles. The van der Waals surface area contributed by atoms with Crippen molar-refractivity contribution in [2.24, 2.45) is 0 Å². The van der Waals surface area contributed by atoms with Crippen LogP contribution in [0.5, 0.6) is 0 Å². The molecule has 0 amide bonds. The van der Waals surface area contributed by atoms with Gasteiger partial charge in [0.15, 0.2) is 8.32 Å². The molecule has 148 valence electrons. The maximum absolute atomic E-state index is 12.5. The molecule has 0 aliphatic heterocycles. The molecule has 0 fully saturated rings. The van der Waals surface area contributed by atoms with Crippen LogP contribution in [-0.4, -0.2) is 29.7 Å². The van der Waals surface area contributed by atoms with Crippen molar-refractivity contribution in [1.29, 1.82) is 0 Å². The summed E-state index contributed by atoms with van der Waals surface area (Å²) in [6.45, 7) is 12.7. The monoisotopic (exact) mass is 378 g/mol. The molecule has 0 heterocycles. The van der Waals surface area contributed by atoms with Crippen molar-refractivity contribution >= 4 is 22.6 Å². The van der Waals surface area contributed by atoms with Gasteiger partial charge in [0, 0.05) is 7.11 Å². The van der Waals surface area contributed by atoms with Gasteiger partial charge in [0.1, 0.15) is 0 Å². The van der Waals surface area contributed by atoms with E-state index in [4.69, 9.17) is 8.85 Å². The largest absolute Gasteiger partial charge is 0.520 e. The first-order valence-electron chi connectivity index (χ1n) is 8.92. The van der Waals surface area contributed by atoms with Crippen LogP contribution in [0.1, 0.15) is 73.1 Å². The Morgan fingerprint density at radius 3 is 1.75 bits per heavy atom. The highest BCUT2D eigenvalue weighted by Gasteiger charge is 2.40. The zero-order valence-corrected chi connectivity index (χ0v) is 18.0. The number of carbonyl (C=O) groups excluding carboxylic acids is 1. The van der Waals surface area contributed by atoms with Gasteiger partial charge in [-0.05, 0) is 39.2 Å². The molecule has 0 aromatic rings. The molecule has 0 radical (unpaired) electrons. The number of rotatable bonds is 12. The van der Waals surface area contributed by atoms with Gasteiger partial charge in [-0.15, -0.1) is 0 Å². The second-order valence-electron chi connectivity index (χ2n) is 7.80. The summed E-state index contributed by atoms with van der Waals surface area (Å²) in [5, 5.41) is 0. The fraction of sp³-hybridized carbons (Fsp3) is 0.947. The van der Waals surface area contributed by atoms with E-state index in [-0.39, 0.29) is 26.4 Å². The summed E-state index contributed by atoms with van der Waals surface area (Å²) in [5.41, 5.74) is -0.0279. The zero-order valence-electron chi connectivity index (χ0n) is 16.0. The Balaban J connectivity index is -0.00000220. The Morgan fingerprint density at radius 2 is 1.33 bits per heavy atom. The molecule has 0 rings (SSSR count). The van der Waals surface area contributed by atoms with E-state index in [0.717, 1.165) is 12.8 Å². The molecular weight excluding hydrogens is 332 g/mol. The normalized spacial score (nSPS) is 12.8. The number of carbonyl (C=O) groups is 1. The van der Waals surface area contributed by atoms with Crippen molar-refractivity contribution in [3.8, 4) is 0 Å². The van der Waals surface area contributed by atoms with E-state index < -0.39 is 16.6 Å². The van der Waals surface area contributed by atoms with E-state index >= 15 is 0 Å². The van der Waals surface area contributed by atoms with Crippen LogP contribution in [0, 0.1) is 0 Å². The van der Waals surface area contributed by atoms with Gasteiger partial charge in [0.2, 0.25) is 8.32 Å². The van der Waals surface area contributed by atoms with Gasteiger partial charge < -0.3 is 8.85 Å². The van der Waals surface area contributed by atoms with Crippen molar-refractivity contribution in [1.82, 2.24) is 0 Å². The van der Waals surface area contributed by atoms with Gasteiger partial charge >= 0.3 is 0 Å². The first-order valence-corrected chi connectivity index (χ1v) is 15.3. The average Bonchev–Trinajstić information content (AvgIpc) is 2.39. The Morgan fingerprint density at radius 1 is 0.875 bits per heavy atom. The molecule has 5 heteroatoms. The third kappa shape index (κ3) is 13.2. The first kappa shape index (κ1) is 28.7. The van der Waals surface area contributed by atoms with Crippen LogP contribution in [0.2, 0.25) is 38.3 Å². The lowest BCUT2D eigenvalue weighted by molar-refractivity contribution is -0.135. The molecule has 0 saturated carbocycles. The molecule has 0 bridgehead atoms. The van der Waals surface area contributed by atoms with Crippen LogP contribution in [0.3, 0.4) is 0 Å². The standard InChI is InChI=1S/C17H38O3Si2.2CH4/c1-8-9-10-11-12-13-14-15-16(22(6,7)19-2)17(18)20-21(3,4)5;;/h16H,8-15H2,1-7H3;2*1H4. The highest BCUT2D eigenvalue weighted by molar-refractivity contribution is 6.77. The van der Waals surface area contributed by atoms with Crippen molar-refractivity contribution in [2.75, 3.05) is 7.11 Å². The topological polar surface area (TPSA) is 35.5 Å². The van der Waals surface area contributed by atoms with Gasteiger partial charge in [-0.3, -0.25) is 4.79 Å². The molecule has 1 atom stereocenters. The van der Waals surface area contributed by atoms with Crippen molar-refractivity contribution in [3.63, 3.8) is 0 Å². The Kier molecular flexibility index (Phi) is 16.8. The first-order chi connectivity index (χ1) is 10.1. The maximum Gasteiger partial charge on any atom is 0.295 e. The van der Waals surface area contributed by atoms with E-state index in [1.165, 1.54) is 38.5 Å². The summed E-state index contributed by atoms with van der Waals surface area (Å²) >= 11 is 0. The highest BCUT2D eigenvalue weighted by atomic mass is 28.4. The van der Waals surface area contributed by atoms with Crippen LogP contribution in [0.25, 0.3) is 0 Å². The molecular formula is C19H46O3Si2. The van der Waals surface area contributed by atoms with Gasteiger partial charge in [0.05, 0.1) is 5.54 Å². The number of hydrogen-bond donors (Lipinski definition) is 0. The van der Waals surface area contributed by atoms with Gasteiger partial charge in [-0.1, -0.05) is 66.7 Å². The Labute approximate surface area is 155 Å². The molecule has 0 aliphatic rings. The minimum atomic E-state index is -2.00. The summed E-state index contributed by atoms with van der Waals surface area (Å²) in [5.74, 6) is -0.0105. The van der Waals surface area contributed by atoms with Gasteiger partial charge in [0.25, 0.3) is 5.97 Å². The van der Waals surface area contributed by atoms with Gasteiger partial charge in [-0.2, -0.15) is 0 Å². The van der Waals surface area contributed by atoms with Crippen LogP contribution in [0.15, 0.2) is 0 Å². The lowest BCUT2D eigenvalue weighted by Gasteiger charge is -2.31. The molecule has 24 heavy (non-hydrogen) atoms.